The molecule has 0 aliphatic carbocycles. The SMILES string of the molecule is CCOC(=O)c1ccc(N=Nc2ccc(C(F)(F)F)cc2)cc1. The molecule has 7 heteroatoms. The topological polar surface area (TPSA) is 51.0 Å². The number of nitrogens with zero attached hydrogens (tertiary/aromatic N) is 2. The van der Waals surface area contributed by atoms with Crippen molar-refractivity contribution in [3.63, 3.8) is 0 Å². The van der Waals surface area contributed by atoms with E-state index >= 15 is 0 Å². The normalized spacial score (nSPS) is 11.7. The molecule has 120 valence electrons. The van der Waals surface area contributed by atoms with E-state index < -0.39 is 17.7 Å². The van der Waals surface area contributed by atoms with E-state index in [0.29, 0.717) is 16.9 Å². The standard InChI is InChI=1S/C16H13F3N2O2/c1-2-23-15(22)11-3-7-13(8-4-11)20-21-14-9-5-12(6-10-14)16(17,18)19/h3-10H,2H2,1H3. The number of carbonyl (C=O) groups excluding carboxylic acids is 1. The summed E-state index contributed by atoms with van der Waals surface area (Å²) < 4.78 is 42.2. The molecule has 0 fully saturated rings. The van der Waals surface area contributed by atoms with E-state index in [1.54, 1.807) is 31.2 Å². The van der Waals surface area contributed by atoms with Crippen molar-refractivity contribution in [2.75, 3.05) is 6.61 Å². The first kappa shape index (κ1) is 16.7. The molecule has 0 radical (unpaired) electrons. The summed E-state index contributed by atoms with van der Waals surface area (Å²) in [6.45, 7) is 2.00. The van der Waals surface area contributed by atoms with E-state index in [1.165, 1.54) is 12.1 Å². The zero-order chi connectivity index (χ0) is 16.9. The Morgan fingerprint density at radius 2 is 1.43 bits per heavy atom. The molecule has 0 aliphatic heterocycles. The van der Waals surface area contributed by atoms with Crippen LogP contribution >= 0.6 is 0 Å². The third-order valence-corrected chi connectivity index (χ3v) is 2.85. The van der Waals surface area contributed by atoms with Crippen LogP contribution in [0.5, 0.6) is 0 Å². The predicted octanol–water partition coefficient (Wildman–Crippen LogP) is 5.30. The Hall–Kier alpha value is -2.70. The molecule has 0 aliphatic rings. The quantitative estimate of drug-likeness (QED) is 0.566. The highest BCUT2D eigenvalue weighted by atomic mass is 19.4. The largest absolute Gasteiger partial charge is 0.462 e. The van der Waals surface area contributed by atoms with Crippen molar-refractivity contribution in [2.45, 2.75) is 13.1 Å². The second-order valence-corrected chi connectivity index (χ2v) is 4.51. The lowest BCUT2D eigenvalue weighted by Crippen LogP contribution is -2.03. The van der Waals surface area contributed by atoms with Crippen molar-refractivity contribution in [3.8, 4) is 0 Å². The Morgan fingerprint density at radius 3 is 1.87 bits per heavy atom. The van der Waals surface area contributed by atoms with Gasteiger partial charge in [0.25, 0.3) is 0 Å². The number of halogens is 3. The number of rotatable bonds is 4. The van der Waals surface area contributed by atoms with Crippen LogP contribution in [0.3, 0.4) is 0 Å². The van der Waals surface area contributed by atoms with Crippen molar-refractivity contribution in [1.29, 1.82) is 0 Å². The van der Waals surface area contributed by atoms with Crippen LogP contribution in [0.15, 0.2) is 58.8 Å². The van der Waals surface area contributed by atoms with Gasteiger partial charge in [-0.15, -0.1) is 0 Å². The summed E-state index contributed by atoms with van der Waals surface area (Å²) in [4.78, 5) is 11.5. The van der Waals surface area contributed by atoms with E-state index in [0.717, 1.165) is 12.1 Å². The Kier molecular flexibility index (Phi) is 5.10. The van der Waals surface area contributed by atoms with Crippen LogP contribution in [-0.2, 0) is 10.9 Å². The highest BCUT2D eigenvalue weighted by Crippen LogP contribution is 2.30. The zero-order valence-corrected chi connectivity index (χ0v) is 12.2. The van der Waals surface area contributed by atoms with Crippen LogP contribution in [0, 0.1) is 0 Å². The summed E-state index contributed by atoms with van der Waals surface area (Å²) in [7, 11) is 0. The zero-order valence-electron chi connectivity index (χ0n) is 12.2. The fourth-order valence-electron chi connectivity index (χ4n) is 1.71. The minimum Gasteiger partial charge on any atom is -0.462 e. The molecule has 0 amide bonds. The van der Waals surface area contributed by atoms with Gasteiger partial charge in [-0.3, -0.25) is 0 Å². The molecule has 0 bridgehead atoms. The minimum absolute atomic E-state index is 0.286. The lowest BCUT2D eigenvalue weighted by Gasteiger charge is -2.05. The molecule has 0 aromatic heterocycles. The van der Waals surface area contributed by atoms with Crippen LogP contribution in [0.4, 0.5) is 24.5 Å². The molecule has 23 heavy (non-hydrogen) atoms. The number of hydrogen-bond donors (Lipinski definition) is 0. The van der Waals surface area contributed by atoms with Crippen LogP contribution in [0.25, 0.3) is 0 Å². The van der Waals surface area contributed by atoms with Gasteiger partial charge in [0.1, 0.15) is 0 Å². The maximum atomic E-state index is 12.4. The van der Waals surface area contributed by atoms with Crippen LogP contribution < -0.4 is 0 Å². The van der Waals surface area contributed by atoms with Gasteiger partial charge in [0.05, 0.1) is 29.1 Å². The van der Waals surface area contributed by atoms with Crippen LogP contribution in [0.1, 0.15) is 22.8 Å². The number of alkyl halides is 3. The molecular formula is C16H13F3N2O2. The Balaban J connectivity index is 2.07. The minimum atomic E-state index is -4.38. The van der Waals surface area contributed by atoms with Crippen molar-refractivity contribution in [3.05, 3.63) is 59.7 Å². The van der Waals surface area contributed by atoms with Crippen molar-refractivity contribution in [2.24, 2.45) is 10.2 Å². The number of azo groups is 1. The Morgan fingerprint density at radius 1 is 0.957 bits per heavy atom. The molecule has 0 saturated carbocycles. The van der Waals surface area contributed by atoms with Gasteiger partial charge in [-0.1, -0.05) is 0 Å². The molecule has 0 saturated heterocycles. The molecule has 0 heterocycles. The third kappa shape index (κ3) is 4.64. The molecule has 2 rings (SSSR count). The molecule has 2 aromatic rings. The maximum absolute atomic E-state index is 12.4. The molecule has 4 nitrogen and oxygen atoms in total. The molecule has 0 spiro atoms. The molecule has 0 atom stereocenters. The first-order valence-electron chi connectivity index (χ1n) is 6.76. The van der Waals surface area contributed by atoms with E-state index in [9.17, 15) is 18.0 Å². The number of hydrogen-bond acceptors (Lipinski definition) is 4. The second kappa shape index (κ2) is 7.04. The second-order valence-electron chi connectivity index (χ2n) is 4.51. The third-order valence-electron chi connectivity index (χ3n) is 2.85. The van der Waals surface area contributed by atoms with Crippen molar-refractivity contribution >= 4 is 17.3 Å². The van der Waals surface area contributed by atoms with Gasteiger partial charge in [-0.25, -0.2) is 4.79 Å². The summed E-state index contributed by atoms with van der Waals surface area (Å²) in [6.07, 6.45) is -4.38. The molecule has 2 aromatic carbocycles. The highest BCUT2D eigenvalue weighted by molar-refractivity contribution is 5.89. The highest BCUT2D eigenvalue weighted by Gasteiger charge is 2.29. The van der Waals surface area contributed by atoms with Gasteiger partial charge < -0.3 is 4.74 Å². The fraction of sp³-hybridized carbons (Fsp3) is 0.188. The summed E-state index contributed by atoms with van der Waals surface area (Å²) in [5.74, 6) is -0.432. The van der Waals surface area contributed by atoms with Crippen molar-refractivity contribution in [1.82, 2.24) is 0 Å². The van der Waals surface area contributed by atoms with E-state index in [4.69, 9.17) is 4.74 Å². The Labute approximate surface area is 130 Å². The summed E-state index contributed by atoms with van der Waals surface area (Å²) in [5.41, 5.74) is 0.418. The van der Waals surface area contributed by atoms with Gasteiger partial charge in [0, 0.05) is 0 Å². The molecule has 0 unspecified atom stereocenters. The molecular weight excluding hydrogens is 309 g/mol. The lowest BCUT2D eigenvalue weighted by atomic mass is 10.2. The van der Waals surface area contributed by atoms with E-state index in [2.05, 4.69) is 10.2 Å². The fourth-order valence-corrected chi connectivity index (χ4v) is 1.71. The number of carbonyl (C=O) groups is 1. The van der Waals surface area contributed by atoms with E-state index in [-0.39, 0.29) is 6.61 Å². The smallest absolute Gasteiger partial charge is 0.416 e. The van der Waals surface area contributed by atoms with Gasteiger partial charge in [0.15, 0.2) is 0 Å². The first-order chi connectivity index (χ1) is 10.9. The summed E-state index contributed by atoms with van der Waals surface area (Å²) in [6, 6.07) is 10.6. The monoisotopic (exact) mass is 322 g/mol. The number of esters is 1. The average molecular weight is 322 g/mol. The van der Waals surface area contributed by atoms with Gasteiger partial charge in [0.2, 0.25) is 0 Å². The lowest BCUT2D eigenvalue weighted by molar-refractivity contribution is -0.137. The predicted molar refractivity (Wildman–Crippen MR) is 78.0 cm³/mol. The van der Waals surface area contributed by atoms with Gasteiger partial charge in [-0.2, -0.15) is 23.4 Å². The summed E-state index contributed by atoms with van der Waals surface area (Å²) >= 11 is 0. The van der Waals surface area contributed by atoms with E-state index in [1.807, 2.05) is 0 Å². The summed E-state index contributed by atoms with van der Waals surface area (Å²) in [5, 5.41) is 7.76. The number of ether oxygens (including phenoxy) is 1. The van der Waals surface area contributed by atoms with Crippen LogP contribution in [0.2, 0.25) is 0 Å². The Bertz CT molecular complexity index is 693. The number of benzene rings is 2. The first-order valence-corrected chi connectivity index (χ1v) is 6.76. The maximum Gasteiger partial charge on any atom is 0.416 e. The van der Waals surface area contributed by atoms with Crippen LogP contribution in [-0.4, -0.2) is 12.6 Å². The van der Waals surface area contributed by atoms with Crippen molar-refractivity contribution < 1.29 is 22.7 Å². The molecule has 0 N–H and O–H groups in total. The average Bonchev–Trinajstić information content (AvgIpc) is 2.53. The van der Waals surface area contributed by atoms with Gasteiger partial charge >= 0.3 is 12.1 Å². The van der Waals surface area contributed by atoms with Gasteiger partial charge in [-0.05, 0) is 55.5 Å².